The Morgan fingerprint density at radius 1 is 0.568 bits per heavy atom. The van der Waals surface area contributed by atoms with Crippen molar-refractivity contribution in [2.24, 2.45) is 11.8 Å². The molecule has 1 fully saturated rings. The first-order valence-corrected chi connectivity index (χ1v) is 14.3. The van der Waals surface area contributed by atoms with Crippen molar-refractivity contribution in [1.29, 1.82) is 0 Å². The molecule has 2 aliphatic heterocycles. The molecule has 0 saturated carbocycles. The van der Waals surface area contributed by atoms with E-state index in [1.54, 1.807) is 11.1 Å². The van der Waals surface area contributed by atoms with Crippen molar-refractivity contribution in [1.82, 2.24) is 0 Å². The van der Waals surface area contributed by atoms with Crippen molar-refractivity contribution in [2.45, 2.75) is 57.4 Å². The van der Waals surface area contributed by atoms with E-state index in [0.29, 0.717) is 17.8 Å². The molecule has 0 aromatic heterocycles. The number of fused-ring (bicyclic) bond motifs is 6. The molecule has 4 atom stereocenters. The molecule has 37 heavy (non-hydrogen) atoms. The van der Waals surface area contributed by atoms with Gasteiger partial charge in [0.1, 0.15) is 0 Å². The Balaban J connectivity index is 1.65. The lowest BCUT2D eigenvalue weighted by Crippen LogP contribution is -2.47. The molecule has 2 heterocycles. The van der Waals surface area contributed by atoms with E-state index >= 15 is 0 Å². The Morgan fingerprint density at radius 2 is 1.05 bits per heavy atom. The van der Waals surface area contributed by atoms with Crippen LogP contribution in [0.5, 0.6) is 0 Å². The fourth-order valence-corrected chi connectivity index (χ4v) is 8.13. The summed E-state index contributed by atoms with van der Waals surface area (Å²) >= 11 is 0. The van der Waals surface area contributed by atoms with E-state index < -0.39 is 0 Å². The minimum absolute atomic E-state index is 0.229. The number of benzene rings is 4. The van der Waals surface area contributed by atoms with Gasteiger partial charge in [0.05, 0.1) is 5.54 Å². The normalized spacial score (nSPS) is 26.3. The zero-order chi connectivity index (χ0) is 25.0. The molecule has 1 spiro atoms. The first kappa shape index (κ1) is 22.8. The van der Waals surface area contributed by atoms with Gasteiger partial charge in [-0.1, -0.05) is 105 Å². The molecule has 1 saturated heterocycles. The SMILES string of the molecule is CC1Cc2ccccc2C2CCN3c4ccccc4CC(C)Cc4ccccc4C23c2ccccc2C1. The smallest absolute Gasteiger partial charge is 0.0980 e. The summed E-state index contributed by atoms with van der Waals surface area (Å²) in [7, 11) is 0. The molecule has 3 aliphatic rings. The molecule has 7 rings (SSSR count). The van der Waals surface area contributed by atoms with Gasteiger partial charge in [0, 0.05) is 18.2 Å². The van der Waals surface area contributed by atoms with Gasteiger partial charge < -0.3 is 4.90 Å². The van der Waals surface area contributed by atoms with E-state index in [0.717, 1.165) is 38.6 Å². The van der Waals surface area contributed by atoms with Crippen LogP contribution in [0.15, 0.2) is 97.1 Å². The van der Waals surface area contributed by atoms with Crippen LogP contribution in [-0.4, -0.2) is 6.54 Å². The lowest BCUT2D eigenvalue weighted by atomic mass is 9.67. The maximum atomic E-state index is 2.84. The summed E-state index contributed by atoms with van der Waals surface area (Å²) in [5.41, 5.74) is 11.9. The highest BCUT2D eigenvalue weighted by atomic mass is 15.2. The minimum Gasteiger partial charge on any atom is -0.357 e. The Bertz CT molecular complexity index is 1340. The average Bonchev–Trinajstić information content (AvgIpc) is 3.32. The van der Waals surface area contributed by atoms with E-state index in [4.69, 9.17) is 0 Å². The third-order valence-electron chi connectivity index (χ3n) is 9.41. The zero-order valence-corrected chi connectivity index (χ0v) is 22.2. The lowest BCUT2D eigenvalue weighted by Gasteiger charge is -2.47. The molecule has 0 bridgehead atoms. The van der Waals surface area contributed by atoms with Crippen LogP contribution in [0.4, 0.5) is 5.69 Å². The summed E-state index contributed by atoms with van der Waals surface area (Å²) in [6.45, 7) is 5.95. The second kappa shape index (κ2) is 8.91. The predicted octanol–water partition coefficient (Wildman–Crippen LogP) is 8.09. The number of hydrogen-bond acceptors (Lipinski definition) is 1. The van der Waals surface area contributed by atoms with Gasteiger partial charge in [0.15, 0.2) is 0 Å². The van der Waals surface area contributed by atoms with Crippen molar-refractivity contribution in [3.05, 3.63) is 136 Å². The second-order valence-corrected chi connectivity index (χ2v) is 11.9. The number of anilines is 1. The quantitative estimate of drug-likeness (QED) is 0.244. The molecular formula is C36H37N. The van der Waals surface area contributed by atoms with Crippen LogP contribution in [0.25, 0.3) is 0 Å². The average molecular weight is 484 g/mol. The molecule has 0 radical (unpaired) electrons. The van der Waals surface area contributed by atoms with E-state index in [1.165, 1.54) is 33.5 Å². The third kappa shape index (κ3) is 3.51. The fourth-order valence-electron chi connectivity index (χ4n) is 8.13. The second-order valence-electron chi connectivity index (χ2n) is 11.9. The fraction of sp³-hybridized carbons (Fsp3) is 0.333. The van der Waals surface area contributed by atoms with Crippen LogP contribution >= 0.6 is 0 Å². The Hall–Kier alpha value is -3.32. The van der Waals surface area contributed by atoms with Crippen LogP contribution in [-0.2, 0) is 31.2 Å². The van der Waals surface area contributed by atoms with Gasteiger partial charge in [-0.05, 0) is 89.0 Å². The van der Waals surface area contributed by atoms with E-state index in [2.05, 4.69) is 116 Å². The largest absolute Gasteiger partial charge is 0.357 e. The van der Waals surface area contributed by atoms with E-state index in [1.807, 2.05) is 0 Å². The highest BCUT2D eigenvalue weighted by Crippen LogP contribution is 2.58. The van der Waals surface area contributed by atoms with Crippen molar-refractivity contribution in [3.8, 4) is 0 Å². The first-order chi connectivity index (χ1) is 18.2. The molecule has 4 unspecified atom stereocenters. The van der Waals surface area contributed by atoms with Crippen LogP contribution in [0.2, 0.25) is 0 Å². The topological polar surface area (TPSA) is 3.24 Å². The van der Waals surface area contributed by atoms with Gasteiger partial charge >= 0.3 is 0 Å². The first-order valence-electron chi connectivity index (χ1n) is 14.3. The van der Waals surface area contributed by atoms with Crippen LogP contribution in [0, 0.1) is 11.8 Å². The van der Waals surface area contributed by atoms with Crippen molar-refractivity contribution in [2.75, 3.05) is 11.4 Å². The summed E-state index contributed by atoms with van der Waals surface area (Å²) in [6.07, 6.45) is 5.67. The molecule has 1 heteroatoms. The molecule has 4 aromatic rings. The summed E-state index contributed by atoms with van der Waals surface area (Å²) < 4.78 is 0. The number of para-hydroxylation sites is 1. The number of hydrogen-bond donors (Lipinski definition) is 0. The Morgan fingerprint density at radius 3 is 1.73 bits per heavy atom. The van der Waals surface area contributed by atoms with Crippen molar-refractivity contribution >= 4 is 5.69 Å². The van der Waals surface area contributed by atoms with Gasteiger partial charge in [-0.25, -0.2) is 0 Å². The van der Waals surface area contributed by atoms with Gasteiger partial charge in [-0.2, -0.15) is 0 Å². The summed E-state index contributed by atoms with van der Waals surface area (Å²) in [5, 5.41) is 0. The molecule has 186 valence electrons. The molecule has 0 N–H and O–H groups in total. The van der Waals surface area contributed by atoms with Gasteiger partial charge in [-0.3, -0.25) is 0 Å². The van der Waals surface area contributed by atoms with Crippen LogP contribution < -0.4 is 4.90 Å². The van der Waals surface area contributed by atoms with Gasteiger partial charge in [0.25, 0.3) is 0 Å². The maximum Gasteiger partial charge on any atom is 0.0980 e. The summed E-state index contributed by atoms with van der Waals surface area (Å²) in [5.74, 6) is 1.60. The maximum absolute atomic E-state index is 2.84. The van der Waals surface area contributed by atoms with E-state index in [-0.39, 0.29) is 5.54 Å². The minimum atomic E-state index is -0.229. The standard InChI is InChI=1S/C36H37N/c1-25-21-27-11-3-7-15-31(27)34-19-20-37-35-18-10-6-14-30(35)24-26(2)23-29-13-5-9-17-33(29)36(34,37)32-16-8-4-12-28(32)22-25/h3-18,25-26,34H,19-24H2,1-2H3. The van der Waals surface area contributed by atoms with Crippen LogP contribution in [0.3, 0.4) is 0 Å². The third-order valence-corrected chi connectivity index (χ3v) is 9.41. The van der Waals surface area contributed by atoms with Crippen molar-refractivity contribution < 1.29 is 0 Å². The number of nitrogens with zero attached hydrogens (tertiary/aromatic N) is 1. The molecular weight excluding hydrogens is 446 g/mol. The molecule has 4 aromatic carbocycles. The van der Waals surface area contributed by atoms with Gasteiger partial charge in [-0.15, -0.1) is 0 Å². The summed E-state index contributed by atoms with van der Waals surface area (Å²) in [4.78, 5) is 2.84. The lowest BCUT2D eigenvalue weighted by molar-refractivity contribution is 0.461. The van der Waals surface area contributed by atoms with Crippen molar-refractivity contribution in [3.63, 3.8) is 0 Å². The Labute approximate surface area is 222 Å². The molecule has 1 aliphatic carbocycles. The highest BCUT2D eigenvalue weighted by Gasteiger charge is 2.55. The Kier molecular flexibility index (Phi) is 5.50. The number of rotatable bonds is 0. The molecule has 1 nitrogen and oxygen atoms in total. The van der Waals surface area contributed by atoms with E-state index in [9.17, 15) is 0 Å². The van der Waals surface area contributed by atoms with Gasteiger partial charge in [0.2, 0.25) is 0 Å². The summed E-state index contributed by atoms with van der Waals surface area (Å²) in [6, 6.07) is 37.6. The highest BCUT2D eigenvalue weighted by molar-refractivity contribution is 5.67. The molecule has 0 amide bonds. The monoisotopic (exact) mass is 483 g/mol. The van der Waals surface area contributed by atoms with Crippen LogP contribution in [0.1, 0.15) is 65.1 Å². The zero-order valence-electron chi connectivity index (χ0n) is 22.2. The predicted molar refractivity (Wildman–Crippen MR) is 154 cm³/mol.